The molecule has 0 atom stereocenters. The number of piperidine rings is 1. The minimum Gasteiger partial charge on any atom is -0.492 e. The Morgan fingerprint density at radius 2 is 2.23 bits per heavy atom. The van der Waals surface area contributed by atoms with E-state index in [9.17, 15) is 0 Å². The predicted octanol–water partition coefficient (Wildman–Crippen LogP) is 2.72. The second-order valence-corrected chi connectivity index (χ2v) is 5.97. The van der Waals surface area contributed by atoms with Crippen LogP contribution < -0.4 is 4.74 Å². The van der Waals surface area contributed by atoms with E-state index in [1.54, 1.807) is 18.5 Å². The summed E-state index contributed by atoms with van der Waals surface area (Å²) in [5.74, 6) is 2.64. The van der Waals surface area contributed by atoms with Crippen molar-refractivity contribution in [3.8, 4) is 5.75 Å². The molecule has 118 valence electrons. The summed E-state index contributed by atoms with van der Waals surface area (Å²) in [4.78, 5) is 10.5. The molecule has 2 aromatic rings. The summed E-state index contributed by atoms with van der Waals surface area (Å²) in [6.45, 7) is 5.29. The van der Waals surface area contributed by atoms with Crippen molar-refractivity contribution in [2.45, 2.75) is 26.3 Å². The van der Waals surface area contributed by atoms with Gasteiger partial charge in [-0.25, -0.2) is 0 Å². The number of aromatic nitrogens is 3. The van der Waals surface area contributed by atoms with Crippen LogP contribution in [-0.4, -0.2) is 39.7 Å². The number of pyridine rings is 1. The number of aryl methyl sites for hydroxylation is 1. The summed E-state index contributed by atoms with van der Waals surface area (Å²) < 4.78 is 10.8. The molecule has 22 heavy (non-hydrogen) atoms. The van der Waals surface area contributed by atoms with E-state index in [4.69, 9.17) is 20.9 Å². The highest BCUT2D eigenvalue weighted by molar-refractivity contribution is 6.31. The van der Waals surface area contributed by atoms with Gasteiger partial charge in [-0.2, -0.15) is 4.98 Å². The molecule has 3 heterocycles. The van der Waals surface area contributed by atoms with Gasteiger partial charge in [-0.1, -0.05) is 16.8 Å². The second-order valence-electron chi connectivity index (χ2n) is 5.57. The van der Waals surface area contributed by atoms with Crippen LogP contribution in [0.15, 0.2) is 23.0 Å². The average molecular weight is 323 g/mol. The molecule has 0 amide bonds. The van der Waals surface area contributed by atoms with Gasteiger partial charge in [-0.05, 0) is 31.8 Å². The zero-order valence-electron chi connectivity index (χ0n) is 12.5. The highest BCUT2D eigenvalue weighted by Gasteiger charge is 2.21. The lowest BCUT2D eigenvalue weighted by Crippen LogP contribution is -2.35. The van der Waals surface area contributed by atoms with Crippen molar-refractivity contribution < 1.29 is 9.26 Å². The SMILES string of the molecule is Cc1nc(CN2CCC(COc3ccncc3Cl)CC2)no1. The minimum atomic E-state index is 0.549. The van der Waals surface area contributed by atoms with Gasteiger partial charge in [0.2, 0.25) is 5.89 Å². The Kier molecular flexibility index (Phi) is 4.90. The maximum atomic E-state index is 6.04. The Morgan fingerprint density at radius 1 is 1.41 bits per heavy atom. The van der Waals surface area contributed by atoms with Crippen LogP contribution in [0.5, 0.6) is 5.75 Å². The van der Waals surface area contributed by atoms with E-state index in [1.165, 1.54) is 0 Å². The zero-order valence-corrected chi connectivity index (χ0v) is 13.3. The molecule has 0 spiro atoms. The van der Waals surface area contributed by atoms with Crippen LogP contribution in [-0.2, 0) is 6.54 Å². The fourth-order valence-corrected chi connectivity index (χ4v) is 2.78. The van der Waals surface area contributed by atoms with Crippen molar-refractivity contribution >= 4 is 11.6 Å². The summed E-state index contributed by atoms with van der Waals surface area (Å²) in [6.07, 6.45) is 5.49. The summed E-state index contributed by atoms with van der Waals surface area (Å²) in [7, 11) is 0. The van der Waals surface area contributed by atoms with Crippen LogP contribution >= 0.6 is 11.6 Å². The molecule has 6 nitrogen and oxygen atoms in total. The van der Waals surface area contributed by atoms with Crippen molar-refractivity contribution in [2.75, 3.05) is 19.7 Å². The van der Waals surface area contributed by atoms with E-state index in [-0.39, 0.29) is 0 Å². The fourth-order valence-electron chi connectivity index (χ4n) is 2.60. The smallest absolute Gasteiger partial charge is 0.223 e. The van der Waals surface area contributed by atoms with Gasteiger partial charge in [0.25, 0.3) is 0 Å². The van der Waals surface area contributed by atoms with Gasteiger partial charge in [0, 0.05) is 25.4 Å². The molecule has 7 heteroatoms. The van der Waals surface area contributed by atoms with Gasteiger partial charge >= 0.3 is 0 Å². The zero-order chi connectivity index (χ0) is 15.4. The van der Waals surface area contributed by atoms with E-state index >= 15 is 0 Å². The molecule has 0 aromatic carbocycles. The first kappa shape index (κ1) is 15.2. The molecule has 1 aliphatic heterocycles. The van der Waals surface area contributed by atoms with E-state index in [0.717, 1.165) is 38.3 Å². The van der Waals surface area contributed by atoms with Crippen LogP contribution in [0.25, 0.3) is 0 Å². The summed E-state index contributed by atoms with van der Waals surface area (Å²) >= 11 is 6.04. The Balaban J connectivity index is 1.43. The number of hydrogen-bond donors (Lipinski definition) is 0. The number of hydrogen-bond acceptors (Lipinski definition) is 6. The maximum Gasteiger partial charge on any atom is 0.223 e. The second kappa shape index (κ2) is 7.07. The normalized spacial score (nSPS) is 16.8. The third kappa shape index (κ3) is 3.96. The lowest BCUT2D eigenvalue weighted by Gasteiger charge is -2.30. The van der Waals surface area contributed by atoms with Crippen molar-refractivity contribution in [2.24, 2.45) is 5.92 Å². The van der Waals surface area contributed by atoms with Crippen molar-refractivity contribution in [1.29, 1.82) is 0 Å². The van der Waals surface area contributed by atoms with Crippen LogP contribution in [0.2, 0.25) is 5.02 Å². The molecule has 1 fully saturated rings. The van der Waals surface area contributed by atoms with Crippen molar-refractivity contribution in [1.82, 2.24) is 20.0 Å². The first-order chi connectivity index (χ1) is 10.7. The minimum absolute atomic E-state index is 0.549. The molecule has 0 radical (unpaired) electrons. The molecule has 1 saturated heterocycles. The van der Waals surface area contributed by atoms with Gasteiger partial charge in [0.1, 0.15) is 10.8 Å². The molecule has 0 aliphatic carbocycles. The van der Waals surface area contributed by atoms with E-state index in [1.807, 2.05) is 6.92 Å². The summed E-state index contributed by atoms with van der Waals surface area (Å²) in [5, 5.41) is 4.50. The maximum absolute atomic E-state index is 6.04. The molecule has 1 aliphatic rings. The standard InChI is InChI=1S/C15H19ClN4O2/c1-11-18-15(19-22-11)9-20-6-3-12(4-7-20)10-21-14-2-5-17-8-13(14)16/h2,5,8,12H,3-4,6-7,9-10H2,1H3. The van der Waals surface area contributed by atoms with Crippen LogP contribution in [0.1, 0.15) is 24.6 Å². The van der Waals surface area contributed by atoms with Crippen LogP contribution in [0, 0.1) is 12.8 Å². The summed E-state index contributed by atoms with van der Waals surface area (Å²) in [6, 6.07) is 1.80. The Labute approximate surface area is 134 Å². The lowest BCUT2D eigenvalue weighted by atomic mass is 9.98. The van der Waals surface area contributed by atoms with E-state index in [0.29, 0.717) is 29.2 Å². The van der Waals surface area contributed by atoms with Crippen molar-refractivity contribution in [3.63, 3.8) is 0 Å². The van der Waals surface area contributed by atoms with Crippen LogP contribution in [0.4, 0.5) is 0 Å². The average Bonchev–Trinajstić information content (AvgIpc) is 2.93. The topological polar surface area (TPSA) is 64.3 Å². The number of ether oxygens (including phenoxy) is 1. The summed E-state index contributed by atoms with van der Waals surface area (Å²) in [5.41, 5.74) is 0. The van der Waals surface area contributed by atoms with Crippen molar-refractivity contribution in [3.05, 3.63) is 35.2 Å². The highest BCUT2D eigenvalue weighted by atomic mass is 35.5. The molecule has 0 bridgehead atoms. The number of nitrogens with zero attached hydrogens (tertiary/aromatic N) is 4. The molecular weight excluding hydrogens is 304 g/mol. The molecule has 2 aromatic heterocycles. The fraction of sp³-hybridized carbons (Fsp3) is 0.533. The third-order valence-corrected chi connectivity index (χ3v) is 4.14. The first-order valence-electron chi connectivity index (χ1n) is 7.44. The van der Waals surface area contributed by atoms with Gasteiger partial charge < -0.3 is 9.26 Å². The Hall–Kier alpha value is -1.66. The van der Waals surface area contributed by atoms with Crippen LogP contribution in [0.3, 0.4) is 0 Å². The molecular formula is C15H19ClN4O2. The predicted molar refractivity (Wildman–Crippen MR) is 81.8 cm³/mol. The molecule has 0 saturated carbocycles. The van der Waals surface area contributed by atoms with Gasteiger partial charge in [-0.3, -0.25) is 9.88 Å². The van der Waals surface area contributed by atoms with E-state index in [2.05, 4.69) is 20.0 Å². The number of halogens is 1. The van der Waals surface area contributed by atoms with Gasteiger partial charge in [0.15, 0.2) is 5.82 Å². The quantitative estimate of drug-likeness (QED) is 0.843. The molecule has 0 unspecified atom stereocenters. The number of rotatable bonds is 5. The third-order valence-electron chi connectivity index (χ3n) is 3.85. The molecule has 3 rings (SSSR count). The number of likely N-dealkylation sites (tertiary alicyclic amines) is 1. The molecule has 0 N–H and O–H groups in total. The van der Waals surface area contributed by atoms with Gasteiger partial charge in [0.05, 0.1) is 13.2 Å². The highest BCUT2D eigenvalue weighted by Crippen LogP contribution is 2.25. The van der Waals surface area contributed by atoms with E-state index < -0.39 is 0 Å². The first-order valence-corrected chi connectivity index (χ1v) is 7.82. The monoisotopic (exact) mass is 322 g/mol. The lowest BCUT2D eigenvalue weighted by molar-refractivity contribution is 0.134. The largest absolute Gasteiger partial charge is 0.492 e. The Bertz CT molecular complexity index is 611. The Morgan fingerprint density at radius 3 is 2.91 bits per heavy atom. The van der Waals surface area contributed by atoms with Gasteiger partial charge in [-0.15, -0.1) is 0 Å².